The van der Waals surface area contributed by atoms with Crippen molar-refractivity contribution < 1.29 is 24.2 Å². The number of hydrogen-bond donors (Lipinski definition) is 2. The van der Waals surface area contributed by atoms with E-state index in [9.17, 15) is 14.4 Å². The number of anilines is 1. The van der Waals surface area contributed by atoms with Crippen molar-refractivity contribution in [1.29, 1.82) is 0 Å². The summed E-state index contributed by atoms with van der Waals surface area (Å²) in [6.45, 7) is -0.178. The average Bonchev–Trinajstić information content (AvgIpc) is 2.99. The number of benzene rings is 1. The molecule has 7 heteroatoms. The van der Waals surface area contributed by atoms with Crippen LogP contribution in [0.3, 0.4) is 0 Å². The van der Waals surface area contributed by atoms with Gasteiger partial charge in [-0.1, -0.05) is 12.1 Å². The van der Waals surface area contributed by atoms with Crippen molar-refractivity contribution in [2.24, 2.45) is 5.92 Å². The van der Waals surface area contributed by atoms with Gasteiger partial charge >= 0.3 is 5.97 Å². The van der Waals surface area contributed by atoms with Crippen molar-refractivity contribution in [3.63, 3.8) is 0 Å². The molecule has 3 rings (SSSR count). The second kappa shape index (κ2) is 6.28. The van der Waals surface area contributed by atoms with Crippen molar-refractivity contribution in [2.75, 3.05) is 18.1 Å². The van der Waals surface area contributed by atoms with E-state index in [1.807, 2.05) is 0 Å². The summed E-state index contributed by atoms with van der Waals surface area (Å²) in [5.41, 5.74) is 0.578. The van der Waals surface area contributed by atoms with Gasteiger partial charge in [-0.2, -0.15) is 0 Å². The van der Waals surface area contributed by atoms with Crippen molar-refractivity contribution in [2.45, 2.75) is 25.3 Å². The van der Waals surface area contributed by atoms with Crippen LogP contribution < -0.4 is 15.0 Å². The molecule has 2 amide bonds. The van der Waals surface area contributed by atoms with E-state index < -0.39 is 11.9 Å². The molecule has 0 bridgehead atoms. The molecule has 0 aromatic heterocycles. The average molecular weight is 318 g/mol. The van der Waals surface area contributed by atoms with E-state index in [0.717, 1.165) is 0 Å². The molecule has 0 radical (unpaired) electrons. The van der Waals surface area contributed by atoms with E-state index in [1.165, 1.54) is 4.90 Å². The van der Waals surface area contributed by atoms with Gasteiger partial charge in [-0.25, -0.2) is 0 Å². The van der Waals surface area contributed by atoms with E-state index in [4.69, 9.17) is 9.84 Å². The molecule has 1 aromatic carbocycles. The highest BCUT2D eigenvalue weighted by Gasteiger charge is 2.32. The fourth-order valence-electron chi connectivity index (χ4n) is 3.08. The zero-order valence-electron chi connectivity index (χ0n) is 12.5. The molecule has 23 heavy (non-hydrogen) atoms. The number of para-hydroxylation sites is 2. The van der Waals surface area contributed by atoms with Gasteiger partial charge in [0.25, 0.3) is 5.91 Å². The van der Waals surface area contributed by atoms with E-state index in [2.05, 4.69) is 5.32 Å². The number of carboxylic acid groups (broad SMARTS) is 1. The van der Waals surface area contributed by atoms with Gasteiger partial charge in [0.15, 0.2) is 6.61 Å². The lowest BCUT2D eigenvalue weighted by molar-refractivity contribution is -0.141. The molecule has 1 aliphatic heterocycles. The highest BCUT2D eigenvalue weighted by molar-refractivity contribution is 6.02. The summed E-state index contributed by atoms with van der Waals surface area (Å²) in [6.07, 6.45) is 1.66. The topological polar surface area (TPSA) is 95.9 Å². The Morgan fingerprint density at radius 3 is 2.83 bits per heavy atom. The molecule has 1 aromatic rings. The lowest BCUT2D eigenvalue weighted by atomic mass is 10.1. The monoisotopic (exact) mass is 318 g/mol. The molecule has 2 N–H and O–H groups in total. The first-order valence-electron chi connectivity index (χ1n) is 7.59. The van der Waals surface area contributed by atoms with Crippen molar-refractivity contribution in [3.8, 4) is 5.75 Å². The number of carbonyl (C=O) groups excluding carboxylic acids is 2. The molecule has 2 aliphatic rings. The van der Waals surface area contributed by atoms with E-state index >= 15 is 0 Å². The van der Waals surface area contributed by atoms with Crippen LogP contribution in [0.2, 0.25) is 0 Å². The van der Waals surface area contributed by atoms with Crippen LogP contribution in [0, 0.1) is 5.92 Å². The third-order valence-electron chi connectivity index (χ3n) is 4.26. The number of nitrogens with one attached hydrogen (secondary N) is 1. The fourth-order valence-corrected chi connectivity index (χ4v) is 3.08. The van der Waals surface area contributed by atoms with Gasteiger partial charge in [0, 0.05) is 6.04 Å². The van der Waals surface area contributed by atoms with Gasteiger partial charge in [-0.3, -0.25) is 19.3 Å². The molecule has 7 nitrogen and oxygen atoms in total. The smallest absolute Gasteiger partial charge is 0.306 e. The van der Waals surface area contributed by atoms with Crippen LogP contribution >= 0.6 is 0 Å². The van der Waals surface area contributed by atoms with Crippen LogP contribution in [0.1, 0.15) is 19.3 Å². The largest absolute Gasteiger partial charge is 0.482 e. The minimum Gasteiger partial charge on any atom is -0.482 e. The molecule has 2 atom stereocenters. The fraction of sp³-hybridized carbons (Fsp3) is 0.438. The van der Waals surface area contributed by atoms with Gasteiger partial charge in [0.2, 0.25) is 5.91 Å². The third kappa shape index (κ3) is 3.28. The van der Waals surface area contributed by atoms with Crippen molar-refractivity contribution >= 4 is 23.5 Å². The number of aliphatic carboxylic acids is 1. The molecule has 0 saturated heterocycles. The van der Waals surface area contributed by atoms with Crippen LogP contribution in [0.15, 0.2) is 24.3 Å². The highest BCUT2D eigenvalue weighted by atomic mass is 16.5. The summed E-state index contributed by atoms with van der Waals surface area (Å²) >= 11 is 0. The second-order valence-electron chi connectivity index (χ2n) is 5.85. The van der Waals surface area contributed by atoms with Crippen LogP contribution in [-0.2, 0) is 14.4 Å². The predicted molar refractivity (Wildman–Crippen MR) is 81.2 cm³/mol. The van der Waals surface area contributed by atoms with Crippen molar-refractivity contribution in [3.05, 3.63) is 24.3 Å². The maximum absolute atomic E-state index is 12.2. The van der Waals surface area contributed by atoms with E-state index in [0.29, 0.717) is 30.7 Å². The Morgan fingerprint density at radius 1 is 1.30 bits per heavy atom. The summed E-state index contributed by atoms with van der Waals surface area (Å²) in [6, 6.07) is 6.92. The SMILES string of the molecule is O=C(CN1C(=O)COc2ccccc21)N[C@H]1CC[C@@H](C(=O)O)C1. The number of hydrogen-bond acceptors (Lipinski definition) is 4. The Morgan fingerprint density at radius 2 is 2.09 bits per heavy atom. The first-order chi connectivity index (χ1) is 11.0. The van der Waals surface area contributed by atoms with Gasteiger partial charge in [0.1, 0.15) is 12.3 Å². The summed E-state index contributed by atoms with van der Waals surface area (Å²) in [7, 11) is 0. The number of nitrogens with zero attached hydrogens (tertiary/aromatic N) is 1. The molecule has 1 heterocycles. The first kappa shape index (κ1) is 15.3. The first-order valence-corrected chi connectivity index (χ1v) is 7.59. The summed E-state index contributed by atoms with van der Waals surface area (Å²) in [5.74, 6) is -1.20. The quantitative estimate of drug-likeness (QED) is 0.855. The van der Waals surface area contributed by atoms with Crippen LogP contribution in [-0.4, -0.2) is 42.1 Å². The molecular formula is C16H18N2O5. The maximum atomic E-state index is 12.2. The number of carbonyl (C=O) groups is 3. The number of amides is 2. The third-order valence-corrected chi connectivity index (χ3v) is 4.26. The van der Waals surface area contributed by atoms with E-state index in [1.54, 1.807) is 24.3 Å². The normalized spacial score (nSPS) is 23.1. The van der Waals surface area contributed by atoms with Crippen LogP contribution in [0.4, 0.5) is 5.69 Å². The predicted octanol–water partition coefficient (Wildman–Crippen LogP) is 0.781. The molecular weight excluding hydrogens is 300 g/mol. The lowest BCUT2D eigenvalue weighted by Crippen LogP contribution is -2.47. The summed E-state index contributed by atoms with van der Waals surface area (Å²) < 4.78 is 5.33. The number of carboxylic acids is 1. The lowest BCUT2D eigenvalue weighted by Gasteiger charge is -2.29. The molecule has 1 saturated carbocycles. The molecule has 0 spiro atoms. The Labute approximate surface area is 133 Å². The Bertz CT molecular complexity index is 645. The molecule has 122 valence electrons. The molecule has 1 aliphatic carbocycles. The van der Waals surface area contributed by atoms with Gasteiger partial charge < -0.3 is 15.2 Å². The highest BCUT2D eigenvalue weighted by Crippen LogP contribution is 2.31. The Hall–Kier alpha value is -2.57. The second-order valence-corrected chi connectivity index (χ2v) is 5.85. The number of ether oxygens (including phenoxy) is 1. The van der Waals surface area contributed by atoms with E-state index in [-0.39, 0.29) is 31.0 Å². The Balaban J connectivity index is 1.62. The molecule has 1 fully saturated rings. The Kier molecular flexibility index (Phi) is 4.18. The standard InChI is InChI=1S/C16H18N2O5/c19-14(17-11-6-5-10(7-11)16(21)22)8-18-12-3-1-2-4-13(12)23-9-15(18)20/h1-4,10-11H,5-9H2,(H,17,19)(H,21,22)/t10-,11+/m1/s1. The zero-order chi connectivity index (χ0) is 16.4. The van der Waals surface area contributed by atoms with Gasteiger partial charge in [-0.15, -0.1) is 0 Å². The molecule has 0 unspecified atom stereocenters. The zero-order valence-corrected chi connectivity index (χ0v) is 12.5. The van der Waals surface area contributed by atoms with Crippen LogP contribution in [0.5, 0.6) is 5.75 Å². The number of rotatable bonds is 4. The van der Waals surface area contributed by atoms with Gasteiger partial charge in [0.05, 0.1) is 11.6 Å². The number of fused-ring (bicyclic) bond motifs is 1. The van der Waals surface area contributed by atoms with Crippen molar-refractivity contribution in [1.82, 2.24) is 5.32 Å². The minimum atomic E-state index is -0.820. The maximum Gasteiger partial charge on any atom is 0.306 e. The minimum absolute atomic E-state index is 0.0885. The summed E-state index contributed by atoms with van der Waals surface area (Å²) in [4.78, 5) is 36.6. The van der Waals surface area contributed by atoms with Gasteiger partial charge in [-0.05, 0) is 31.4 Å². The van der Waals surface area contributed by atoms with Crippen LogP contribution in [0.25, 0.3) is 0 Å². The summed E-state index contributed by atoms with van der Waals surface area (Å²) in [5, 5.41) is 11.8.